The number of carboxylic acids is 2. The Morgan fingerprint density at radius 1 is 1.11 bits per heavy atom. The van der Waals surface area contributed by atoms with E-state index in [0.29, 0.717) is 18.4 Å². The molecule has 3 saturated heterocycles. The van der Waals surface area contributed by atoms with Crippen LogP contribution in [0.25, 0.3) is 0 Å². The zero-order valence-electron chi connectivity index (χ0n) is 21.1. The minimum atomic E-state index is -0.833. The molecule has 3 aliphatic rings. The molecule has 9 nitrogen and oxygen atoms in total. The number of carboxylic acid groups (broad SMARTS) is 2. The van der Waals surface area contributed by atoms with Crippen LogP contribution >= 0.6 is 0 Å². The summed E-state index contributed by atoms with van der Waals surface area (Å²) < 4.78 is 0. The number of unbranched alkanes of at least 4 members (excludes halogenated alkanes) is 1. The van der Waals surface area contributed by atoms with E-state index in [2.05, 4.69) is 26.6 Å². The predicted molar refractivity (Wildman–Crippen MR) is 134 cm³/mol. The van der Waals surface area contributed by atoms with Crippen molar-refractivity contribution in [2.45, 2.75) is 77.3 Å². The first-order valence-electron chi connectivity index (χ1n) is 12.8. The van der Waals surface area contributed by atoms with Gasteiger partial charge >= 0.3 is 0 Å². The lowest BCUT2D eigenvalue weighted by molar-refractivity contribution is -0.135. The van der Waals surface area contributed by atoms with Crippen molar-refractivity contribution in [1.29, 1.82) is 0 Å². The molecule has 0 radical (unpaired) electrons. The minimum absolute atomic E-state index is 0.223. The molecule has 4 heterocycles. The van der Waals surface area contributed by atoms with Crippen LogP contribution < -0.4 is 10.6 Å². The number of rotatable bonds is 7. The monoisotopic (exact) mass is 490 g/mol. The Morgan fingerprint density at radius 3 is 2.51 bits per heavy atom. The van der Waals surface area contributed by atoms with Crippen LogP contribution in [0.4, 0.5) is 0 Å². The average molecular weight is 491 g/mol. The third-order valence-corrected chi connectivity index (χ3v) is 6.88. The fourth-order valence-electron chi connectivity index (χ4n) is 5.52. The molecule has 0 unspecified atom stereocenters. The van der Waals surface area contributed by atoms with E-state index < -0.39 is 11.9 Å². The van der Waals surface area contributed by atoms with Crippen LogP contribution in [0.5, 0.6) is 0 Å². The van der Waals surface area contributed by atoms with Gasteiger partial charge in [-0.05, 0) is 81.6 Å². The van der Waals surface area contributed by atoms with Gasteiger partial charge in [0.2, 0.25) is 5.91 Å². The Bertz CT molecular complexity index is 771. The number of aryl methyl sites for hydroxylation is 1. The lowest BCUT2D eigenvalue weighted by Gasteiger charge is -2.55. The second kappa shape index (κ2) is 15.5. The lowest BCUT2D eigenvalue weighted by atomic mass is 9.73. The Kier molecular flexibility index (Phi) is 12.7. The van der Waals surface area contributed by atoms with E-state index in [0.717, 1.165) is 58.2 Å². The molecule has 0 spiro atoms. The number of fused-ring (bicyclic) bond motifs is 4. The summed E-state index contributed by atoms with van der Waals surface area (Å²) in [7, 11) is 0. The fourth-order valence-corrected chi connectivity index (χ4v) is 5.52. The summed E-state index contributed by atoms with van der Waals surface area (Å²) in [6.07, 6.45) is 12.8. The molecular formula is C26H42N4O5. The molecule has 1 aromatic rings. The van der Waals surface area contributed by atoms with Crippen molar-refractivity contribution < 1.29 is 24.6 Å². The van der Waals surface area contributed by atoms with Crippen LogP contribution in [-0.2, 0) is 20.8 Å². The highest BCUT2D eigenvalue weighted by Gasteiger charge is 2.45. The molecule has 2 bridgehead atoms. The molecule has 3 fully saturated rings. The van der Waals surface area contributed by atoms with Crippen molar-refractivity contribution in [1.82, 2.24) is 20.5 Å². The molecule has 4 rings (SSSR count). The van der Waals surface area contributed by atoms with Crippen LogP contribution in [0, 0.1) is 11.8 Å². The maximum Gasteiger partial charge on any atom is 0.300 e. The van der Waals surface area contributed by atoms with E-state index in [9.17, 15) is 4.79 Å². The summed E-state index contributed by atoms with van der Waals surface area (Å²) in [5, 5.41) is 21.8. The number of aromatic nitrogens is 1. The highest BCUT2D eigenvalue weighted by atomic mass is 16.4. The molecule has 196 valence electrons. The first-order chi connectivity index (χ1) is 16.8. The van der Waals surface area contributed by atoms with Gasteiger partial charge in [-0.1, -0.05) is 12.5 Å². The number of pyridine rings is 1. The number of amides is 1. The van der Waals surface area contributed by atoms with E-state index in [1.807, 2.05) is 12.3 Å². The number of carbonyl (C=O) groups is 3. The van der Waals surface area contributed by atoms with Crippen molar-refractivity contribution in [2.24, 2.45) is 11.8 Å². The molecule has 0 aromatic carbocycles. The first kappa shape index (κ1) is 28.7. The van der Waals surface area contributed by atoms with Gasteiger partial charge in [-0.15, -0.1) is 0 Å². The normalized spacial score (nSPS) is 25.0. The SMILES string of the molecule is CC(=O)O.CC(=O)O.O=C(CCCCc1cccnc1)NC[C@H]1[C@@H]2CNC[C@@H](C2)[C@@H]2CCCCN21. The molecule has 35 heavy (non-hydrogen) atoms. The van der Waals surface area contributed by atoms with E-state index in [1.165, 1.54) is 44.3 Å². The van der Waals surface area contributed by atoms with Gasteiger partial charge in [0.05, 0.1) is 0 Å². The van der Waals surface area contributed by atoms with Crippen LogP contribution in [0.2, 0.25) is 0 Å². The van der Waals surface area contributed by atoms with Crippen molar-refractivity contribution in [3.63, 3.8) is 0 Å². The Hall–Kier alpha value is -2.52. The quantitative estimate of drug-likeness (QED) is 0.429. The number of carbonyl (C=O) groups excluding carboxylic acids is 1. The average Bonchev–Trinajstić information content (AvgIpc) is 2.82. The molecule has 9 heteroatoms. The number of hydrogen-bond acceptors (Lipinski definition) is 6. The molecule has 0 saturated carbocycles. The number of aliphatic carboxylic acids is 2. The summed E-state index contributed by atoms with van der Waals surface area (Å²) in [6, 6.07) is 5.35. The number of nitrogens with one attached hydrogen (secondary N) is 2. The van der Waals surface area contributed by atoms with Crippen LogP contribution in [-0.4, -0.2) is 76.2 Å². The van der Waals surface area contributed by atoms with Crippen LogP contribution in [0.15, 0.2) is 24.5 Å². The van der Waals surface area contributed by atoms with Gasteiger partial charge in [0.15, 0.2) is 0 Å². The van der Waals surface area contributed by atoms with Gasteiger partial charge in [0, 0.05) is 51.3 Å². The maximum atomic E-state index is 12.4. The second-order valence-electron chi connectivity index (χ2n) is 9.69. The van der Waals surface area contributed by atoms with Crippen molar-refractivity contribution >= 4 is 17.8 Å². The lowest BCUT2D eigenvalue weighted by Crippen LogP contribution is -2.65. The molecule has 1 amide bonds. The summed E-state index contributed by atoms with van der Waals surface area (Å²) in [5.41, 5.74) is 1.26. The topological polar surface area (TPSA) is 132 Å². The summed E-state index contributed by atoms with van der Waals surface area (Å²) in [4.78, 5) is 37.3. The third-order valence-electron chi connectivity index (χ3n) is 6.88. The van der Waals surface area contributed by atoms with Gasteiger partial charge in [0.1, 0.15) is 0 Å². The van der Waals surface area contributed by atoms with Crippen molar-refractivity contribution in [3.05, 3.63) is 30.1 Å². The molecule has 1 aromatic heterocycles. The molecule has 4 atom stereocenters. The standard InChI is InChI=1S/C22H34N4O.2C2H4O2/c27-22(9-2-1-6-17-7-5-10-23-13-17)25-16-21-19-12-18(14-24-15-19)20-8-3-4-11-26(20)21;2*1-2(3)4/h5,7,10,13,18-21,24H,1-4,6,8-9,11-12,14-16H2,(H,25,27);2*1H3,(H,3,4)/t18-,19+,20+,21+;;/m1../s1. The fraction of sp³-hybridized carbons (Fsp3) is 0.692. The van der Waals surface area contributed by atoms with Crippen LogP contribution in [0.1, 0.15) is 64.4 Å². The highest BCUT2D eigenvalue weighted by molar-refractivity contribution is 5.75. The van der Waals surface area contributed by atoms with Gasteiger partial charge in [-0.3, -0.25) is 24.3 Å². The summed E-state index contributed by atoms with van der Waals surface area (Å²) in [5.74, 6) is 0.0769. The molecular weight excluding hydrogens is 448 g/mol. The summed E-state index contributed by atoms with van der Waals surface area (Å²) >= 11 is 0. The predicted octanol–water partition coefficient (Wildman–Crippen LogP) is 2.55. The van der Waals surface area contributed by atoms with Gasteiger partial charge in [-0.2, -0.15) is 0 Å². The summed E-state index contributed by atoms with van der Waals surface area (Å²) in [6.45, 7) is 6.53. The smallest absolute Gasteiger partial charge is 0.300 e. The Morgan fingerprint density at radius 2 is 1.83 bits per heavy atom. The van der Waals surface area contributed by atoms with E-state index >= 15 is 0 Å². The van der Waals surface area contributed by atoms with Gasteiger partial charge < -0.3 is 20.8 Å². The molecule has 3 aliphatic heterocycles. The third kappa shape index (κ3) is 10.7. The molecule has 0 aliphatic carbocycles. The Labute approximate surface area is 208 Å². The zero-order chi connectivity index (χ0) is 25.6. The first-order valence-corrected chi connectivity index (χ1v) is 12.8. The maximum absolute atomic E-state index is 12.4. The number of piperidine rings is 3. The van der Waals surface area contributed by atoms with E-state index in [-0.39, 0.29) is 5.91 Å². The highest BCUT2D eigenvalue weighted by Crippen LogP contribution is 2.38. The van der Waals surface area contributed by atoms with Gasteiger partial charge in [-0.25, -0.2) is 0 Å². The van der Waals surface area contributed by atoms with Gasteiger partial charge in [0.25, 0.3) is 11.9 Å². The number of nitrogens with zero attached hydrogens (tertiary/aromatic N) is 2. The zero-order valence-corrected chi connectivity index (χ0v) is 21.1. The van der Waals surface area contributed by atoms with Crippen LogP contribution in [0.3, 0.4) is 0 Å². The Balaban J connectivity index is 0.000000473. The minimum Gasteiger partial charge on any atom is -0.481 e. The molecule has 4 N–H and O–H groups in total. The number of hydrogen-bond donors (Lipinski definition) is 4. The van der Waals surface area contributed by atoms with Crippen molar-refractivity contribution in [2.75, 3.05) is 26.2 Å². The second-order valence-corrected chi connectivity index (χ2v) is 9.69. The largest absolute Gasteiger partial charge is 0.481 e. The van der Waals surface area contributed by atoms with E-state index in [1.54, 1.807) is 6.20 Å². The van der Waals surface area contributed by atoms with Crippen molar-refractivity contribution in [3.8, 4) is 0 Å². The van der Waals surface area contributed by atoms with E-state index in [4.69, 9.17) is 19.8 Å².